The lowest BCUT2D eigenvalue weighted by Crippen LogP contribution is -2.53. The van der Waals surface area contributed by atoms with Gasteiger partial charge in [-0.05, 0) is 68.0 Å². The molecule has 9 heteroatoms. The number of nitrogens with zero attached hydrogens (tertiary/aromatic N) is 2. The summed E-state index contributed by atoms with van der Waals surface area (Å²) in [5.74, 6) is -4.09. The molecule has 2 heterocycles. The van der Waals surface area contributed by atoms with E-state index in [1.807, 2.05) is 74.5 Å². The van der Waals surface area contributed by atoms with Crippen molar-refractivity contribution in [2.75, 3.05) is 19.1 Å². The molecule has 1 saturated carbocycles. The molecule has 3 fully saturated rings. The molecule has 2 saturated heterocycles. The van der Waals surface area contributed by atoms with Crippen LogP contribution < -0.4 is 10.2 Å². The van der Waals surface area contributed by atoms with Crippen molar-refractivity contribution >= 4 is 29.3 Å². The van der Waals surface area contributed by atoms with Crippen molar-refractivity contribution in [3.05, 3.63) is 101 Å². The number of likely N-dealkylation sites (tertiary alicyclic amines) is 1. The number of hydrazine groups is 1. The van der Waals surface area contributed by atoms with Gasteiger partial charge in [-0.15, -0.1) is 0 Å². The van der Waals surface area contributed by atoms with Crippen LogP contribution in [0.15, 0.2) is 84.4 Å². The quantitative estimate of drug-likeness (QED) is 0.309. The Balaban J connectivity index is 1.47. The van der Waals surface area contributed by atoms with Crippen LogP contribution in [0.25, 0.3) is 0 Å². The lowest BCUT2D eigenvalue weighted by atomic mass is 9.49. The maximum atomic E-state index is 15.1. The molecule has 45 heavy (non-hydrogen) atoms. The Morgan fingerprint density at radius 3 is 2.38 bits per heavy atom. The lowest BCUT2D eigenvalue weighted by molar-refractivity contribution is -0.140. The Morgan fingerprint density at radius 1 is 0.933 bits per heavy atom. The molecule has 0 bridgehead atoms. The number of carbonyl (C=O) groups excluding carboxylic acids is 4. The number of benzene rings is 3. The zero-order chi connectivity index (χ0) is 31.6. The van der Waals surface area contributed by atoms with E-state index >= 15 is 4.79 Å². The predicted molar refractivity (Wildman–Crippen MR) is 166 cm³/mol. The number of anilines is 1. The number of amides is 4. The molecule has 2 aliphatic heterocycles. The fourth-order valence-corrected chi connectivity index (χ4v) is 8.26. The summed E-state index contributed by atoms with van der Waals surface area (Å²) in [6, 6.07) is 21.9. The number of ether oxygens (including phenoxy) is 1. The third kappa shape index (κ3) is 4.13. The van der Waals surface area contributed by atoms with Gasteiger partial charge in [0.1, 0.15) is 0 Å². The van der Waals surface area contributed by atoms with E-state index in [2.05, 4.69) is 5.43 Å². The first-order chi connectivity index (χ1) is 21.7. The Labute approximate surface area is 261 Å². The number of hydrogen-bond acceptors (Lipinski definition) is 7. The second-order valence-electron chi connectivity index (χ2n) is 12.5. The summed E-state index contributed by atoms with van der Waals surface area (Å²) in [4.78, 5) is 57.6. The first-order valence-corrected chi connectivity index (χ1v) is 15.4. The lowest BCUT2D eigenvalue weighted by Gasteiger charge is -2.50. The maximum Gasteiger partial charge on any atom is 0.260 e. The second-order valence-corrected chi connectivity index (χ2v) is 12.5. The molecule has 3 aromatic rings. The standard InChI is InChI=1S/C36H35N3O6/c1-4-45-29-18-21(12-17-28(29)40)31-24-15-16-25-30(34(43)38(3)32(25)41)26(24)19-27-33(42)39(37-23-13-10-20(2)11-14-23)35(44)36(27,31)22-8-6-5-7-9-22/h5-15,17-18,25-27,30-31,37,40H,4,16,19H2,1-3H3. The van der Waals surface area contributed by atoms with Crippen molar-refractivity contribution in [1.29, 1.82) is 0 Å². The van der Waals surface area contributed by atoms with E-state index in [-0.39, 0.29) is 35.6 Å². The monoisotopic (exact) mass is 605 g/mol. The Morgan fingerprint density at radius 2 is 1.67 bits per heavy atom. The fourth-order valence-electron chi connectivity index (χ4n) is 8.26. The number of rotatable bonds is 6. The summed E-state index contributed by atoms with van der Waals surface area (Å²) < 4.78 is 5.78. The molecule has 6 atom stereocenters. The van der Waals surface area contributed by atoms with Crippen molar-refractivity contribution in [2.45, 2.75) is 38.0 Å². The highest BCUT2D eigenvalue weighted by Gasteiger charge is 2.70. The van der Waals surface area contributed by atoms with Crippen LogP contribution in [0, 0.1) is 30.6 Å². The summed E-state index contributed by atoms with van der Waals surface area (Å²) >= 11 is 0. The molecule has 6 unspecified atom stereocenters. The van der Waals surface area contributed by atoms with Crippen molar-refractivity contribution in [2.24, 2.45) is 23.7 Å². The van der Waals surface area contributed by atoms with Crippen LogP contribution in [-0.4, -0.2) is 52.3 Å². The van der Waals surface area contributed by atoms with E-state index in [1.165, 1.54) is 11.9 Å². The summed E-state index contributed by atoms with van der Waals surface area (Å²) in [7, 11) is 1.52. The van der Waals surface area contributed by atoms with E-state index in [1.54, 1.807) is 18.2 Å². The molecule has 0 radical (unpaired) electrons. The number of allylic oxidation sites excluding steroid dienone is 2. The predicted octanol–water partition coefficient (Wildman–Crippen LogP) is 4.71. The van der Waals surface area contributed by atoms with Crippen molar-refractivity contribution in [3.8, 4) is 11.5 Å². The van der Waals surface area contributed by atoms with Gasteiger partial charge in [0.15, 0.2) is 11.5 Å². The highest BCUT2D eigenvalue weighted by Crippen LogP contribution is 2.64. The van der Waals surface area contributed by atoms with Gasteiger partial charge in [-0.3, -0.25) is 29.5 Å². The molecule has 4 aliphatic rings. The minimum absolute atomic E-state index is 0.0364. The van der Waals surface area contributed by atoms with Crippen LogP contribution in [0.4, 0.5) is 5.69 Å². The van der Waals surface area contributed by atoms with Crippen molar-refractivity contribution < 1.29 is 29.0 Å². The van der Waals surface area contributed by atoms with E-state index in [9.17, 15) is 19.5 Å². The van der Waals surface area contributed by atoms with Crippen LogP contribution >= 0.6 is 0 Å². The average Bonchev–Trinajstić information content (AvgIpc) is 3.40. The van der Waals surface area contributed by atoms with Gasteiger partial charge < -0.3 is 9.84 Å². The van der Waals surface area contributed by atoms with Gasteiger partial charge in [0, 0.05) is 13.0 Å². The number of hydrogen-bond donors (Lipinski definition) is 2. The third-order valence-corrected chi connectivity index (χ3v) is 10.2. The van der Waals surface area contributed by atoms with Crippen LogP contribution in [0.5, 0.6) is 11.5 Å². The zero-order valence-corrected chi connectivity index (χ0v) is 25.4. The van der Waals surface area contributed by atoms with Crippen molar-refractivity contribution in [1.82, 2.24) is 9.91 Å². The summed E-state index contributed by atoms with van der Waals surface area (Å²) in [6.45, 7) is 4.10. The average molecular weight is 606 g/mol. The number of imide groups is 2. The number of carbonyl (C=O) groups is 4. The first-order valence-electron chi connectivity index (χ1n) is 15.4. The number of fused-ring (bicyclic) bond motifs is 4. The molecule has 230 valence electrons. The van der Waals surface area contributed by atoms with Crippen LogP contribution in [0.3, 0.4) is 0 Å². The number of phenols is 1. The number of phenolic OH excluding ortho intramolecular Hbond substituents is 1. The van der Waals surface area contributed by atoms with Crippen LogP contribution in [0.2, 0.25) is 0 Å². The van der Waals surface area contributed by atoms with Gasteiger partial charge in [-0.1, -0.05) is 65.7 Å². The molecule has 3 aromatic carbocycles. The van der Waals surface area contributed by atoms with E-state index in [0.717, 1.165) is 16.1 Å². The Hall–Kier alpha value is -4.92. The van der Waals surface area contributed by atoms with Gasteiger partial charge in [0.2, 0.25) is 11.8 Å². The van der Waals surface area contributed by atoms with E-state index < -0.39 is 40.9 Å². The van der Waals surface area contributed by atoms with Gasteiger partial charge in [0.05, 0.1) is 35.5 Å². The molecular weight excluding hydrogens is 570 g/mol. The normalized spacial score (nSPS) is 28.9. The molecular formula is C36H35N3O6. The molecule has 4 amide bonds. The topological polar surface area (TPSA) is 116 Å². The maximum absolute atomic E-state index is 15.1. The number of aryl methyl sites for hydroxylation is 1. The minimum Gasteiger partial charge on any atom is -0.504 e. The molecule has 2 aliphatic carbocycles. The van der Waals surface area contributed by atoms with E-state index in [0.29, 0.717) is 29.8 Å². The fraction of sp³-hybridized carbons (Fsp3) is 0.333. The van der Waals surface area contributed by atoms with Gasteiger partial charge in [-0.2, -0.15) is 5.01 Å². The number of nitrogens with one attached hydrogen (secondary N) is 1. The second kappa shape index (κ2) is 10.6. The van der Waals surface area contributed by atoms with Crippen LogP contribution in [0.1, 0.15) is 42.4 Å². The summed E-state index contributed by atoms with van der Waals surface area (Å²) in [6.07, 6.45) is 2.61. The van der Waals surface area contributed by atoms with Gasteiger partial charge in [-0.25, -0.2) is 0 Å². The largest absolute Gasteiger partial charge is 0.504 e. The molecule has 9 nitrogen and oxygen atoms in total. The zero-order valence-electron chi connectivity index (χ0n) is 25.4. The first kappa shape index (κ1) is 28.8. The molecule has 2 N–H and O–H groups in total. The highest BCUT2D eigenvalue weighted by molar-refractivity contribution is 6.13. The van der Waals surface area contributed by atoms with Gasteiger partial charge in [0.25, 0.3) is 11.8 Å². The van der Waals surface area contributed by atoms with Crippen molar-refractivity contribution in [3.63, 3.8) is 0 Å². The van der Waals surface area contributed by atoms with Crippen LogP contribution in [-0.2, 0) is 24.6 Å². The van der Waals surface area contributed by atoms with E-state index in [4.69, 9.17) is 4.74 Å². The smallest absolute Gasteiger partial charge is 0.260 e. The Bertz CT molecular complexity index is 1750. The molecule has 0 spiro atoms. The summed E-state index contributed by atoms with van der Waals surface area (Å²) in [5.41, 5.74) is 5.60. The van der Waals surface area contributed by atoms with Gasteiger partial charge >= 0.3 is 0 Å². The SMILES string of the molecule is CCOc1cc(C2C3=CCC4C(=O)N(C)C(=O)C4C3CC3C(=O)N(Nc4ccc(C)cc4)C(=O)C32c2ccccc2)ccc1O. The third-order valence-electron chi connectivity index (χ3n) is 10.2. The summed E-state index contributed by atoms with van der Waals surface area (Å²) in [5, 5.41) is 11.8. The highest BCUT2D eigenvalue weighted by atomic mass is 16.5. The minimum atomic E-state index is -1.37. The molecule has 0 aromatic heterocycles. The molecule has 7 rings (SSSR count). The Kier molecular flexibility index (Phi) is 6.80. The number of aromatic hydroxyl groups is 1.